The van der Waals surface area contributed by atoms with Crippen LogP contribution in [0.1, 0.15) is 40.9 Å². The maximum atomic E-state index is 12.8. The highest BCUT2D eigenvalue weighted by molar-refractivity contribution is 6.00. The van der Waals surface area contributed by atoms with E-state index < -0.39 is 11.9 Å². The number of amides is 2. The van der Waals surface area contributed by atoms with E-state index >= 15 is 0 Å². The number of anilines is 1. The summed E-state index contributed by atoms with van der Waals surface area (Å²) in [6.07, 6.45) is 3.81. The van der Waals surface area contributed by atoms with Crippen molar-refractivity contribution >= 4 is 17.6 Å². The summed E-state index contributed by atoms with van der Waals surface area (Å²) in [6, 6.07) is 11.3. The standard InChI is InChI=1S/C20H21N7O2/c1-25-17-9-11-21-26(17)12-10-14(20(25)29)22-19(28)18-23-16-8-7-15(27(16)24-18)13-5-3-2-4-6-13/h2-6,9,11,14-15H,7-8,10,12H2,1H3,(H,22,28)/t14?,15-/m1/s1. The Bertz CT molecular complexity index is 1070. The molecule has 1 N–H and O–H groups in total. The molecule has 0 bridgehead atoms. The first kappa shape index (κ1) is 17.6. The minimum absolute atomic E-state index is 0.0860. The van der Waals surface area contributed by atoms with Crippen molar-refractivity contribution in [3.05, 3.63) is 59.8 Å². The van der Waals surface area contributed by atoms with Gasteiger partial charge in [-0.15, -0.1) is 5.10 Å². The Balaban J connectivity index is 1.34. The minimum atomic E-state index is -0.641. The van der Waals surface area contributed by atoms with E-state index in [1.165, 1.54) is 4.90 Å². The van der Waals surface area contributed by atoms with Crippen LogP contribution in [-0.4, -0.2) is 49.4 Å². The lowest BCUT2D eigenvalue weighted by Crippen LogP contribution is -2.47. The third-order valence-corrected chi connectivity index (χ3v) is 5.63. The molecular weight excluding hydrogens is 370 g/mol. The number of nitrogens with zero attached hydrogens (tertiary/aromatic N) is 6. The van der Waals surface area contributed by atoms with E-state index in [1.54, 1.807) is 24.0 Å². The lowest BCUT2D eigenvalue weighted by atomic mass is 10.1. The third-order valence-electron chi connectivity index (χ3n) is 5.63. The first-order valence-electron chi connectivity index (χ1n) is 9.72. The number of hydrogen-bond donors (Lipinski definition) is 1. The summed E-state index contributed by atoms with van der Waals surface area (Å²) in [7, 11) is 1.69. The molecule has 4 heterocycles. The third kappa shape index (κ3) is 2.98. The van der Waals surface area contributed by atoms with Crippen LogP contribution in [-0.2, 0) is 17.8 Å². The number of aryl methyl sites for hydroxylation is 2. The van der Waals surface area contributed by atoms with Gasteiger partial charge in [-0.2, -0.15) is 5.10 Å². The molecule has 5 rings (SSSR count). The average molecular weight is 391 g/mol. The molecule has 1 unspecified atom stereocenters. The number of likely N-dealkylation sites (N-methyl/N-ethyl adjacent to an activating group) is 1. The Morgan fingerprint density at radius 1 is 1.17 bits per heavy atom. The molecule has 0 fully saturated rings. The van der Waals surface area contributed by atoms with Gasteiger partial charge in [-0.3, -0.25) is 14.5 Å². The second kappa shape index (κ2) is 6.84. The molecule has 2 atom stereocenters. The highest BCUT2D eigenvalue weighted by Gasteiger charge is 2.33. The molecule has 2 aliphatic heterocycles. The number of rotatable bonds is 3. The fourth-order valence-electron chi connectivity index (χ4n) is 4.10. The molecule has 0 saturated heterocycles. The van der Waals surface area contributed by atoms with E-state index in [1.807, 2.05) is 22.9 Å². The van der Waals surface area contributed by atoms with Crippen LogP contribution in [0.15, 0.2) is 42.6 Å². The molecule has 2 aromatic heterocycles. The molecule has 3 aromatic rings. The SMILES string of the molecule is CN1C(=O)C(NC(=O)c2nc3n(n2)[C@@H](c2ccccc2)CC3)CCn2nccc21. The van der Waals surface area contributed by atoms with Gasteiger partial charge in [-0.05, 0) is 18.4 Å². The fraction of sp³-hybridized carbons (Fsp3) is 0.350. The van der Waals surface area contributed by atoms with Crippen LogP contribution < -0.4 is 10.2 Å². The largest absolute Gasteiger partial charge is 0.337 e. The van der Waals surface area contributed by atoms with Crippen LogP contribution in [0, 0.1) is 0 Å². The highest BCUT2D eigenvalue weighted by Crippen LogP contribution is 2.30. The van der Waals surface area contributed by atoms with Gasteiger partial charge in [0, 0.05) is 26.1 Å². The second-order valence-corrected chi connectivity index (χ2v) is 7.39. The van der Waals surface area contributed by atoms with Crippen LogP contribution in [0.2, 0.25) is 0 Å². The van der Waals surface area contributed by atoms with Crippen LogP contribution in [0.3, 0.4) is 0 Å². The van der Waals surface area contributed by atoms with Crippen LogP contribution in [0.4, 0.5) is 5.82 Å². The number of carbonyl (C=O) groups excluding carboxylic acids is 2. The summed E-state index contributed by atoms with van der Waals surface area (Å²) >= 11 is 0. The van der Waals surface area contributed by atoms with E-state index in [0.717, 1.165) is 30.0 Å². The summed E-state index contributed by atoms with van der Waals surface area (Å²) in [5.74, 6) is 1.03. The molecule has 1 aromatic carbocycles. The number of carbonyl (C=O) groups is 2. The van der Waals surface area contributed by atoms with E-state index in [-0.39, 0.29) is 17.8 Å². The number of fused-ring (bicyclic) bond motifs is 2. The van der Waals surface area contributed by atoms with Crippen LogP contribution >= 0.6 is 0 Å². The normalized spacial score (nSPS) is 20.9. The lowest BCUT2D eigenvalue weighted by Gasteiger charge is -2.19. The molecule has 148 valence electrons. The Morgan fingerprint density at radius 3 is 2.83 bits per heavy atom. The lowest BCUT2D eigenvalue weighted by molar-refractivity contribution is -0.120. The summed E-state index contributed by atoms with van der Waals surface area (Å²) in [5.41, 5.74) is 1.15. The average Bonchev–Trinajstić information content (AvgIpc) is 3.44. The number of benzene rings is 1. The van der Waals surface area contributed by atoms with Gasteiger partial charge in [0.05, 0.1) is 12.2 Å². The van der Waals surface area contributed by atoms with Crippen molar-refractivity contribution in [2.75, 3.05) is 11.9 Å². The molecule has 9 nitrogen and oxygen atoms in total. The van der Waals surface area contributed by atoms with Crippen molar-refractivity contribution in [1.29, 1.82) is 0 Å². The molecule has 0 radical (unpaired) electrons. The number of aromatic nitrogens is 5. The zero-order chi connectivity index (χ0) is 20.0. The molecule has 0 spiro atoms. The Hall–Kier alpha value is -3.49. The van der Waals surface area contributed by atoms with Crippen molar-refractivity contribution in [1.82, 2.24) is 29.9 Å². The van der Waals surface area contributed by atoms with Crippen molar-refractivity contribution in [2.45, 2.75) is 37.9 Å². The van der Waals surface area contributed by atoms with E-state index in [0.29, 0.717) is 13.0 Å². The van der Waals surface area contributed by atoms with Gasteiger partial charge in [0.15, 0.2) is 0 Å². The summed E-state index contributed by atoms with van der Waals surface area (Å²) in [4.78, 5) is 31.5. The zero-order valence-electron chi connectivity index (χ0n) is 16.0. The highest BCUT2D eigenvalue weighted by atomic mass is 16.2. The van der Waals surface area contributed by atoms with Gasteiger partial charge < -0.3 is 5.32 Å². The van der Waals surface area contributed by atoms with Gasteiger partial charge in [0.1, 0.15) is 17.7 Å². The van der Waals surface area contributed by atoms with Crippen molar-refractivity contribution in [3.8, 4) is 0 Å². The number of hydrogen-bond acceptors (Lipinski definition) is 5. The topological polar surface area (TPSA) is 97.9 Å². The van der Waals surface area contributed by atoms with Crippen molar-refractivity contribution in [2.24, 2.45) is 0 Å². The number of nitrogens with one attached hydrogen (secondary N) is 1. The Kier molecular flexibility index (Phi) is 4.15. The Labute approximate surface area is 167 Å². The van der Waals surface area contributed by atoms with Crippen LogP contribution in [0.25, 0.3) is 0 Å². The fourth-order valence-corrected chi connectivity index (χ4v) is 4.10. The maximum absolute atomic E-state index is 12.8. The van der Waals surface area contributed by atoms with E-state index in [9.17, 15) is 9.59 Å². The summed E-state index contributed by atoms with van der Waals surface area (Å²) < 4.78 is 3.60. The predicted molar refractivity (Wildman–Crippen MR) is 104 cm³/mol. The summed E-state index contributed by atoms with van der Waals surface area (Å²) in [5, 5.41) is 11.5. The predicted octanol–water partition coefficient (Wildman–Crippen LogP) is 1.18. The molecular formula is C20H21N7O2. The minimum Gasteiger partial charge on any atom is -0.337 e. The zero-order valence-corrected chi connectivity index (χ0v) is 16.0. The van der Waals surface area contributed by atoms with E-state index in [4.69, 9.17) is 0 Å². The second-order valence-electron chi connectivity index (χ2n) is 7.39. The molecule has 2 aliphatic rings. The van der Waals surface area contributed by atoms with Gasteiger partial charge in [-0.25, -0.2) is 14.3 Å². The maximum Gasteiger partial charge on any atom is 0.291 e. The molecule has 9 heteroatoms. The Morgan fingerprint density at radius 2 is 2.00 bits per heavy atom. The van der Waals surface area contributed by atoms with Gasteiger partial charge >= 0.3 is 0 Å². The summed E-state index contributed by atoms with van der Waals surface area (Å²) in [6.45, 7) is 0.548. The van der Waals surface area contributed by atoms with Crippen molar-refractivity contribution < 1.29 is 9.59 Å². The van der Waals surface area contributed by atoms with Crippen molar-refractivity contribution in [3.63, 3.8) is 0 Å². The first-order valence-corrected chi connectivity index (χ1v) is 9.72. The first-order chi connectivity index (χ1) is 14.1. The van der Waals surface area contributed by atoms with Crippen LogP contribution in [0.5, 0.6) is 0 Å². The molecule has 29 heavy (non-hydrogen) atoms. The molecule has 0 aliphatic carbocycles. The monoisotopic (exact) mass is 391 g/mol. The van der Waals surface area contributed by atoms with Gasteiger partial charge in [-0.1, -0.05) is 30.3 Å². The molecule has 2 amide bonds. The quantitative estimate of drug-likeness (QED) is 0.723. The molecule has 0 saturated carbocycles. The smallest absolute Gasteiger partial charge is 0.291 e. The van der Waals surface area contributed by atoms with Gasteiger partial charge in [0.2, 0.25) is 5.82 Å². The van der Waals surface area contributed by atoms with E-state index in [2.05, 4.69) is 32.6 Å². The van der Waals surface area contributed by atoms with Gasteiger partial charge in [0.25, 0.3) is 11.8 Å².